The van der Waals surface area contributed by atoms with E-state index in [1.807, 2.05) is 36.3 Å². The molecule has 0 aliphatic heterocycles. The van der Waals surface area contributed by atoms with Gasteiger partial charge >= 0.3 is 0 Å². The zero-order valence-electron chi connectivity index (χ0n) is 19.0. The van der Waals surface area contributed by atoms with Crippen LogP contribution >= 0.6 is 0 Å². The SMILES string of the molecule is COc1cc(N(CCNC(C)C)c2ccc3ncc(-c4cnn(C)c4)nc3c2)cc(F)c1F. The minimum absolute atomic E-state index is 0.147. The molecule has 4 rings (SSSR count). The van der Waals surface area contributed by atoms with E-state index < -0.39 is 11.6 Å². The summed E-state index contributed by atoms with van der Waals surface area (Å²) in [4.78, 5) is 11.2. The number of hydrogen-bond acceptors (Lipinski definition) is 6. The van der Waals surface area contributed by atoms with Gasteiger partial charge in [-0.05, 0) is 18.2 Å². The molecule has 0 aliphatic carbocycles. The van der Waals surface area contributed by atoms with Crippen LogP contribution in [0.4, 0.5) is 20.2 Å². The van der Waals surface area contributed by atoms with Gasteiger partial charge in [0.05, 0.1) is 36.2 Å². The molecule has 0 fully saturated rings. The number of benzene rings is 2. The van der Waals surface area contributed by atoms with E-state index in [1.165, 1.54) is 19.2 Å². The van der Waals surface area contributed by atoms with Gasteiger partial charge in [0, 0.05) is 61.4 Å². The number of rotatable bonds is 8. The number of halogens is 2. The van der Waals surface area contributed by atoms with Crippen molar-refractivity contribution < 1.29 is 13.5 Å². The Morgan fingerprint density at radius 2 is 1.91 bits per heavy atom. The fourth-order valence-electron chi connectivity index (χ4n) is 3.59. The predicted octanol–water partition coefficient (Wildman–Crippen LogP) is 4.45. The van der Waals surface area contributed by atoms with Crippen LogP contribution in [0.25, 0.3) is 22.3 Å². The smallest absolute Gasteiger partial charge is 0.200 e. The maximum Gasteiger partial charge on any atom is 0.200 e. The Morgan fingerprint density at radius 3 is 2.61 bits per heavy atom. The molecule has 0 atom stereocenters. The number of nitrogens with one attached hydrogen (secondary N) is 1. The second kappa shape index (κ2) is 9.50. The van der Waals surface area contributed by atoms with E-state index >= 15 is 0 Å². The van der Waals surface area contributed by atoms with E-state index in [1.54, 1.807) is 17.1 Å². The minimum Gasteiger partial charge on any atom is -0.493 e. The molecule has 0 unspecified atom stereocenters. The number of ether oxygens (including phenoxy) is 1. The lowest BCUT2D eigenvalue weighted by molar-refractivity contribution is 0.372. The van der Waals surface area contributed by atoms with Crippen LogP contribution in [0.2, 0.25) is 0 Å². The van der Waals surface area contributed by atoms with E-state index in [4.69, 9.17) is 9.72 Å². The van der Waals surface area contributed by atoms with Crippen LogP contribution in [0.3, 0.4) is 0 Å². The maximum atomic E-state index is 14.3. The van der Waals surface area contributed by atoms with Gasteiger partial charge in [-0.25, -0.2) is 9.37 Å². The van der Waals surface area contributed by atoms with E-state index in [9.17, 15) is 8.78 Å². The Bertz CT molecular complexity index is 1270. The van der Waals surface area contributed by atoms with Crippen LogP contribution in [-0.4, -0.2) is 46.0 Å². The maximum absolute atomic E-state index is 14.3. The summed E-state index contributed by atoms with van der Waals surface area (Å²) in [5.41, 5.74) is 4.24. The average Bonchev–Trinajstić information content (AvgIpc) is 3.24. The number of nitrogens with zero attached hydrogens (tertiary/aromatic N) is 5. The van der Waals surface area contributed by atoms with Crippen molar-refractivity contribution in [2.75, 3.05) is 25.1 Å². The summed E-state index contributed by atoms with van der Waals surface area (Å²) in [5.74, 6) is -2.12. The highest BCUT2D eigenvalue weighted by molar-refractivity contribution is 5.82. The Morgan fingerprint density at radius 1 is 1.09 bits per heavy atom. The summed E-state index contributed by atoms with van der Waals surface area (Å²) in [6, 6.07) is 8.61. The van der Waals surface area contributed by atoms with Gasteiger partial charge in [0.1, 0.15) is 0 Å². The first-order valence-corrected chi connectivity index (χ1v) is 10.7. The largest absolute Gasteiger partial charge is 0.493 e. The Labute approximate surface area is 191 Å². The summed E-state index contributed by atoms with van der Waals surface area (Å²) < 4.78 is 35.1. The molecule has 2 heterocycles. The van der Waals surface area contributed by atoms with Gasteiger partial charge in [0.15, 0.2) is 11.6 Å². The predicted molar refractivity (Wildman–Crippen MR) is 125 cm³/mol. The summed E-state index contributed by atoms with van der Waals surface area (Å²) in [5, 5.41) is 7.56. The molecule has 9 heteroatoms. The Hall–Kier alpha value is -3.59. The lowest BCUT2D eigenvalue weighted by Gasteiger charge is -2.26. The molecule has 7 nitrogen and oxygen atoms in total. The highest BCUT2D eigenvalue weighted by Crippen LogP contribution is 2.33. The summed E-state index contributed by atoms with van der Waals surface area (Å²) in [6.07, 6.45) is 5.32. The molecule has 2 aromatic heterocycles. The first-order valence-electron chi connectivity index (χ1n) is 10.7. The number of aryl methyl sites for hydroxylation is 1. The van der Waals surface area contributed by atoms with E-state index in [2.05, 4.69) is 29.2 Å². The lowest BCUT2D eigenvalue weighted by Crippen LogP contribution is -2.32. The third kappa shape index (κ3) is 4.93. The molecular formula is C24H26F2N6O. The van der Waals surface area contributed by atoms with Crippen molar-refractivity contribution in [3.05, 3.63) is 60.6 Å². The second-order valence-corrected chi connectivity index (χ2v) is 8.04. The molecule has 0 bridgehead atoms. The number of anilines is 2. The summed E-state index contributed by atoms with van der Waals surface area (Å²) in [6.45, 7) is 5.26. The first kappa shape index (κ1) is 22.6. The number of aromatic nitrogens is 4. The monoisotopic (exact) mass is 452 g/mol. The minimum atomic E-state index is -1.01. The standard InChI is InChI=1S/C24H26F2N6O/c1-15(2)27-7-8-32(18-9-19(25)24(26)23(11-18)33-4)17-5-6-20-21(10-17)30-22(13-28-20)16-12-29-31(3)14-16/h5-6,9-15,27H,7-8H2,1-4H3. The quantitative estimate of drug-likeness (QED) is 0.426. The second-order valence-electron chi connectivity index (χ2n) is 8.04. The van der Waals surface area contributed by atoms with Crippen LogP contribution < -0.4 is 15.0 Å². The van der Waals surface area contributed by atoms with Gasteiger partial charge in [-0.1, -0.05) is 13.8 Å². The molecule has 0 saturated carbocycles. The highest BCUT2D eigenvalue weighted by atomic mass is 19.2. The number of methoxy groups -OCH3 is 1. The number of hydrogen-bond donors (Lipinski definition) is 1. The van der Waals surface area contributed by atoms with Gasteiger partial charge in [0.25, 0.3) is 0 Å². The van der Waals surface area contributed by atoms with Gasteiger partial charge in [-0.3, -0.25) is 9.67 Å². The molecule has 0 saturated heterocycles. The van der Waals surface area contributed by atoms with E-state index in [0.717, 1.165) is 16.8 Å². The molecule has 4 aromatic rings. The Balaban J connectivity index is 1.77. The van der Waals surface area contributed by atoms with Gasteiger partial charge in [-0.2, -0.15) is 9.49 Å². The molecule has 172 valence electrons. The highest BCUT2D eigenvalue weighted by Gasteiger charge is 2.18. The Kier molecular flexibility index (Phi) is 6.50. The van der Waals surface area contributed by atoms with Crippen LogP contribution in [-0.2, 0) is 7.05 Å². The molecule has 33 heavy (non-hydrogen) atoms. The van der Waals surface area contributed by atoms with Crippen LogP contribution in [0.5, 0.6) is 5.75 Å². The number of fused-ring (bicyclic) bond motifs is 1. The topological polar surface area (TPSA) is 68.1 Å². The summed E-state index contributed by atoms with van der Waals surface area (Å²) >= 11 is 0. The van der Waals surface area contributed by atoms with Crippen LogP contribution in [0.15, 0.2) is 48.9 Å². The fourth-order valence-corrected chi connectivity index (χ4v) is 3.59. The molecule has 1 N–H and O–H groups in total. The van der Waals surface area contributed by atoms with Crippen molar-refractivity contribution in [1.82, 2.24) is 25.1 Å². The normalized spacial score (nSPS) is 11.4. The van der Waals surface area contributed by atoms with Crippen LogP contribution in [0, 0.1) is 11.6 Å². The lowest BCUT2D eigenvalue weighted by atomic mass is 10.2. The first-order chi connectivity index (χ1) is 15.9. The van der Waals surface area contributed by atoms with Crippen molar-refractivity contribution in [3.63, 3.8) is 0 Å². The third-order valence-electron chi connectivity index (χ3n) is 5.24. The van der Waals surface area contributed by atoms with Crippen molar-refractivity contribution in [2.45, 2.75) is 19.9 Å². The van der Waals surface area contributed by atoms with E-state index in [-0.39, 0.29) is 11.8 Å². The molecule has 0 amide bonds. The van der Waals surface area contributed by atoms with Gasteiger partial charge in [-0.15, -0.1) is 0 Å². The summed E-state index contributed by atoms with van der Waals surface area (Å²) in [7, 11) is 3.16. The van der Waals surface area contributed by atoms with Crippen molar-refractivity contribution >= 4 is 22.4 Å². The molecular weight excluding hydrogens is 426 g/mol. The van der Waals surface area contributed by atoms with Gasteiger partial charge < -0.3 is 15.0 Å². The van der Waals surface area contributed by atoms with Gasteiger partial charge in [0.2, 0.25) is 5.82 Å². The van der Waals surface area contributed by atoms with Crippen molar-refractivity contribution in [1.29, 1.82) is 0 Å². The molecule has 0 spiro atoms. The molecule has 2 aromatic carbocycles. The van der Waals surface area contributed by atoms with Crippen LogP contribution in [0.1, 0.15) is 13.8 Å². The fraction of sp³-hybridized carbons (Fsp3) is 0.292. The van der Waals surface area contributed by atoms with E-state index in [0.29, 0.717) is 30.0 Å². The molecule has 0 radical (unpaired) electrons. The van der Waals surface area contributed by atoms with Crippen molar-refractivity contribution in [2.24, 2.45) is 7.05 Å². The third-order valence-corrected chi connectivity index (χ3v) is 5.24. The zero-order chi connectivity index (χ0) is 23.5. The molecule has 0 aliphatic rings. The van der Waals surface area contributed by atoms with Crippen molar-refractivity contribution in [3.8, 4) is 17.0 Å². The zero-order valence-corrected chi connectivity index (χ0v) is 19.0. The average molecular weight is 453 g/mol.